The third-order valence-corrected chi connectivity index (χ3v) is 7.82. The molecule has 0 aliphatic heterocycles. The molecule has 184 valence electrons. The van der Waals surface area contributed by atoms with Crippen LogP contribution in [0.2, 0.25) is 0 Å². The van der Waals surface area contributed by atoms with Gasteiger partial charge in [0.2, 0.25) is 0 Å². The van der Waals surface area contributed by atoms with Crippen LogP contribution in [0.4, 0.5) is 26.3 Å². The molecule has 2 aliphatic carbocycles. The summed E-state index contributed by atoms with van der Waals surface area (Å²) in [5.41, 5.74) is -6.03. The summed E-state index contributed by atoms with van der Waals surface area (Å²) < 4.78 is 78.2. The van der Waals surface area contributed by atoms with Crippen molar-refractivity contribution in [1.29, 1.82) is 0 Å². The molecule has 0 heterocycles. The van der Waals surface area contributed by atoms with Gasteiger partial charge in [0, 0.05) is 18.8 Å². The molecule has 1 unspecified atom stereocenters. The van der Waals surface area contributed by atoms with Crippen molar-refractivity contribution in [2.75, 3.05) is 0 Å². The molecule has 2 rings (SSSR count). The van der Waals surface area contributed by atoms with Crippen molar-refractivity contribution in [3.63, 3.8) is 0 Å². The highest BCUT2D eigenvalue weighted by molar-refractivity contribution is 5.83. The maximum atomic E-state index is 13.0. The lowest BCUT2D eigenvalue weighted by molar-refractivity contribution is -0.343. The summed E-state index contributed by atoms with van der Waals surface area (Å²) >= 11 is 0. The maximum absolute atomic E-state index is 13.0. The lowest BCUT2D eigenvalue weighted by atomic mass is 9.56. The van der Waals surface area contributed by atoms with Crippen LogP contribution in [-0.4, -0.2) is 28.8 Å². The van der Waals surface area contributed by atoms with E-state index in [0.29, 0.717) is 31.6 Å². The van der Waals surface area contributed by atoms with Crippen LogP contribution in [0, 0.1) is 40.4 Å². The number of Topliss-reactive ketones (excluding diaryl/α,β-unsaturated/α-hetero) is 1. The zero-order valence-corrected chi connectivity index (χ0v) is 19.2. The van der Waals surface area contributed by atoms with Gasteiger partial charge in [-0.2, -0.15) is 26.3 Å². The average Bonchev–Trinajstić information content (AvgIpc) is 2.98. The molecule has 2 saturated carbocycles. The molecular formula is C24H34F6O2. The predicted molar refractivity (Wildman–Crippen MR) is 109 cm³/mol. The minimum Gasteiger partial charge on any atom is -0.363 e. The SMILES string of the molecule is CC(C)CCC[C@](C)(CC#CC(O)(C(F)(F)F)C(F)(F)F)[C@H]1CCC2C(=O)CCC[C@@]21C. The van der Waals surface area contributed by atoms with Gasteiger partial charge in [0.15, 0.2) is 0 Å². The fraction of sp³-hybridized carbons (Fsp3) is 0.875. The zero-order valence-electron chi connectivity index (χ0n) is 19.2. The van der Waals surface area contributed by atoms with E-state index >= 15 is 0 Å². The summed E-state index contributed by atoms with van der Waals surface area (Å²) in [6.45, 7) is 8.02. The van der Waals surface area contributed by atoms with Crippen molar-refractivity contribution >= 4 is 5.78 Å². The average molecular weight is 469 g/mol. The maximum Gasteiger partial charge on any atom is 0.438 e. The number of fused-ring (bicyclic) bond motifs is 1. The number of alkyl halides is 6. The predicted octanol–water partition coefficient (Wildman–Crippen LogP) is 6.85. The van der Waals surface area contributed by atoms with Gasteiger partial charge in [0.25, 0.3) is 0 Å². The Balaban J connectivity index is 2.38. The highest BCUT2D eigenvalue weighted by atomic mass is 19.4. The molecule has 0 aromatic heterocycles. The zero-order chi connectivity index (χ0) is 24.6. The molecule has 8 heteroatoms. The van der Waals surface area contributed by atoms with Crippen LogP contribution >= 0.6 is 0 Å². The highest BCUT2D eigenvalue weighted by Gasteiger charge is 2.70. The molecule has 2 aliphatic rings. The van der Waals surface area contributed by atoms with Crippen LogP contribution in [0.5, 0.6) is 0 Å². The first-order valence-electron chi connectivity index (χ1n) is 11.4. The number of carbonyl (C=O) groups excluding carboxylic acids is 1. The molecule has 0 saturated heterocycles. The van der Waals surface area contributed by atoms with E-state index in [1.807, 2.05) is 13.8 Å². The number of aliphatic hydroxyl groups is 1. The summed E-state index contributed by atoms with van der Waals surface area (Å²) in [6, 6.07) is 0. The molecule has 0 aromatic rings. The van der Waals surface area contributed by atoms with E-state index in [0.717, 1.165) is 31.6 Å². The Morgan fingerprint density at radius 3 is 2.25 bits per heavy atom. The van der Waals surface area contributed by atoms with E-state index in [4.69, 9.17) is 0 Å². The van der Waals surface area contributed by atoms with Crippen molar-refractivity contribution in [2.45, 2.75) is 103 Å². The number of rotatable bonds is 6. The van der Waals surface area contributed by atoms with Crippen LogP contribution in [0.15, 0.2) is 0 Å². The lowest BCUT2D eigenvalue weighted by Crippen LogP contribution is -2.55. The van der Waals surface area contributed by atoms with Gasteiger partial charge in [0.1, 0.15) is 5.78 Å². The summed E-state index contributed by atoms with van der Waals surface area (Å²) in [6.07, 6.45) is -6.36. The Morgan fingerprint density at radius 2 is 1.72 bits per heavy atom. The Hall–Kier alpha value is -1.23. The quantitative estimate of drug-likeness (QED) is 0.342. The molecule has 1 N–H and O–H groups in total. The first-order valence-corrected chi connectivity index (χ1v) is 11.4. The number of hydrogen-bond acceptors (Lipinski definition) is 2. The molecule has 0 bridgehead atoms. The molecule has 4 atom stereocenters. The second kappa shape index (κ2) is 9.19. The molecule has 2 nitrogen and oxygen atoms in total. The van der Waals surface area contributed by atoms with Gasteiger partial charge in [-0.1, -0.05) is 46.5 Å². The van der Waals surface area contributed by atoms with Crippen LogP contribution in [-0.2, 0) is 4.79 Å². The van der Waals surface area contributed by atoms with Gasteiger partial charge in [0.05, 0.1) is 0 Å². The molecule has 32 heavy (non-hydrogen) atoms. The largest absolute Gasteiger partial charge is 0.438 e. The topological polar surface area (TPSA) is 37.3 Å². The summed E-state index contributed by atoms with van der Waals surface area (Å²) in [4.78, 5) is 12.5. The van der Waals surface area contributed by atoms with E-state index < -0.39 is 23.4 Å². The van der Waals surface area contributed by atoms with Crippen molar-refractivity contribution in [2.24, 2.45) is 28.6 Å². The number of halogens is 6. The number of ketones is 1. The second-order valence-corrected chi connectivity index (χ2v) is 10.6. The summed E-state index contributed by atoms with van der Waals surface area (Å²) in [7, 11) is 0. The van der Waals surface area contributed by atoms with Crippen LogP contribution < -0.4 is 0 Å². The summed E-state index contributed by atoms with van der Waals surface area (Å²) in [5.74, 6) is 3.71. The van der Waals surface area contributed by atoms with Gasteiger partial charge in [-0.3, -0.25) is 4.79 Å². The number of carbonyl (C=O) groups is 1. The number of hydrogen-bond donors (Lipinski definition) is 1. The first kappa shape index (κ1) is 27.0. The van der Waals surface area contributed by atoms with Gasteiger partial charge >= 0.3 is 18.0 Å². The van der Waals surface area contributed by atoms with E-state index in [-0.39, 0.29) is 29.5 Å². The molecule has 0 spiro atoms. The van der Waals surface area contributed by atoms with Gasteiger partial charge in [-0.25, -0.2) is 0 Å². The van der Waals surface area contributed by atoms with E-state index in [1.165, 1.54) is 0 Å². The Bertz CT molecular complexity index is 730. The Labute approximate surface area is 186 Å². The van der Waals surface area contributed by atoms with E-state index in [2.05, 4.69) is 19.8 Å². The first-order chi connectivity index (χ1) is 14.5. The molecule has 2 fully saturated rings. The fourth-order valence-electron chi connectivity index (χ4n) is 6.05. The van der Waals surface area contributed by atoms with Crippen molar-refractivity contribution < 1.29 is 36.2 Å². The van der Waals surface area contributed by atoms with Gasteiger partial charge in [-0.05, 0) is 60.7 Å². The van der Waals surface area contributed by atoms with Gasteiger partial charge < -0.3 is 5.11 Å². The van der Waals surface area contributed by atoms with Crippen LogP contribution in [0.25, 0.3) is 0 Å². The molecular weight excluding hydrogens is 434 g/mol. The van der Waals surface area contributed by atoms with Crippen molar-refractivity contribution in [1.82, 2.24) is 0 Å². The second-order valence-electron chi connectivity index (χ2n) is 10.6. The highest BCUT2D eigenvalue weighted by Crippen LogP contribution is 2.61. The minimum absolute atomic E-state index is 0.0319. The monoisotopic (exact) mass is 468 g/mol. The molecule has 0 amide bonds. The van der Waals surface area contributed by atoms with Crippen LogP contribution in [0.1, 0.15) is 85.5 Å². The van der Waals surface area contributed by atoms with E-state index in [9.17, 15) is 36.2 Å². The fourth-order valence-corrected chi connectivity index (χ4v) is 6.05. The van der Waals surface area contributed by atoms with Crippen molar-refractivity contribution in [3.8, 4) is 11.8 Å². The Kier molecular flexibility index (Phi) is 7.76. The smallest absolute Gasteiger partial charge is 0.363 e. The minimum atomic E-state index is -5.95. The standard InChI is InChI=1S/C24H34F6O2/c1-16(2)8-5-12-20(3,13-7-15-22(32,23(25,26)27)24(28,29)30)19-11-10-17-18(31)9-6-14-21(17,19)4/h16-17,19,32H,5-6,8-14H2,1-4H3/t17?,19-,20-,21+/m1/s1. The van der Waals surface area contributed by atoms with E-state index in [1.54, 1.807) is 0 Å². The molecule has 0 radical (unpaired) electrons. The Morgan fingerprint density at radius 1 is 1.12 bits per heavy atom. The van der Waals surface area contributed by atoms with Gasteiger partial charge in [-0.15, -0.1) is 0 Å². The summed E-state index contributed by atoms with van der Waals surface area (Å²) in [5, 5.41) is 9.40. The van der Waals surface area contributed by atoms with Crippen molar-refractivity contribution in [3.05, 3.63) is 0 Å². The normalized spacial score (nSPS) is 28.8. The third kappa shape index (κ3) is 5.13. The lowest BCUT2D eigenvalue weighted by Gasteiger charge is -2.48. The third-order valence-electron chi connectivity index (χ3n) is 7.82. The molecule has 0 aromatic carbocycles. The van der Waals surface area contributed by atoms with Crippen LogP contribution in [0.3, 0.4) is 0 Å².